The number of halogens is 3. The molecule has 0 unspecified atom stereocenters. The maximum Gasteiger partial charge on any atom is 0.264 e. The quantitative estimate of drug-likeness (QED) is 0.522. The third kappa shape index (κ3) is 1.89. The zero-order valence-electron chi connectivity index (χ0n) is 5.46. The van der Waals surface area contributed by atoms with Gasteiger partial charge in [-0.15, -0.1) is 0 Å². The molecule has 1 aromatic rings. The summed E-state index contributed by atoms with van der Waals surface area (Å²) in [5.41, 5.74) is 0. The van der Waals surface area contributed by atoms with Crippen molar-refractivity contribution in [3.63, 3.8) is 0 Å². The van der Waals surface area contributed by atoms with E-state index in [-0.39, 0.29) is 0 Å². The predicted octanol–water partition coefficient (Wildman–Crippen LogP) is 1.29. The molecule has 0 aliphatic carbocycles. The molecule has 0 atom stereocenters. The second-order valence-corrected chi connectivity index (χ2v) is 4.41. The normalized spacial score (nSPS) is 11.6. The number of pyridine rings is 1. The van der Waals surface area contributed by atoms with Gasteiger partial charge in [-0.1, -0.05) is 0 Å². The molecule has 0 saturated heterocycles. The van der Waals surface area contributed by atoms with Gasteiger partial charge in [-0.05, 0) is 0 Å². The van der Waals surface area contributed by atoms with Crippen molar-refractivity contribution in [3.8, 4) is 0 Å². The van der Waals surface area contributed by atoms with Gasteiger partial charge in [0.1, 0.15) is 4.90 Å². The first-order valence-electron chi connectivity index (χ1n) is 2.67. The van der Waals surface area contributed by atoms with Crippen molar-refractivity contribution in [1.29, 1.82) is 0 Å². The standard InChI is InChI=1S/C5H2ClF2NO2S/c6-12(10,11)4-1-5(8)9-2-3(4)7/h1-2H. The third-order valence-electron chi connectivity index (χ3n) is 1.05. The average Bonchev–Trinajstić information content (AvgIpc) is 1.92. The van der Waals surface area contributed by atoms with Crippen LogP contribution in [0.1, 0.15) is 0 Å². The number of aromatic nitrogens is 1. The fraction of sp³-hybridized carbons (Fsp3) is 0. The summed E-state index contributed by atoms with van der Waals surface area (Å²) in [6, 6.07) is 0.414. The van der Waals surface area contributed by atoms with E-state index in [1.807, 2.05) is 0 Å². The molecular formula is C5H2ClF2NO2S. The van der Waals surface area contributed by atoms with Crippen LogP contribution in [0.25, 0.3) is 0 Å². The van der Waals surface area contributed by atoms with Crippen molar-refractivity contribution >= 4 is 19.7 Å². The van der Waals surface area contributed by atoms with Gasteiger partial charge in [0, 0.05) is 16.7 Å². The Morgan fingerprint density at radius 3 is 2.42 bits per heavy atom. The fourth-order valence-corrected chi connectivity index (χ4v) is 1.46. The Balaban J connectivity index is 3.43. The summed E-state index contributed by atoms with van der Waals surface area (Å²) in [6.07, 6.45) is 0.449. The van der Waals surface area contributed by atoms with Gasteiger partial charge < -0.3 is 0 Å². The van der Waals surface area contributed by atoms with Crippen LogP contribution in [-0.2, 0) is 9.05 Å². The Hall–Kier alpha value is -0.750. The molecule has 66 valence electrons. The summed E-state index contributed by atoms with van der Waals surface area (Å²) in [7, 11) is 0.535. The summed E-state index contributed by atoms with van der Waals surface area (Å²) < 4.78 is 45.9. The monoisotopic (exact) mass is 213 g/mol. The van der Waals surface area contributed by atoms with Crippen molar-refractivity contribution < 1.29 is 17.2 Å². The smallest absolute Gasteiger partial charge is 0.225 e. The van der Waals surface area contributed by atoms with Crippen LogP contribution in [0, 0.1) is 11.8 Å². The second kappa shape index (κ2) is 2.95. The van der Waals surface area contributed by atoms with Crippen LogP contribution in [0.5, 0.6) is 0 Å². The largest absolute Gasteiger partial charge is 0.264 e. The van der Waals surface area contributed by atoms with E-state index in [2.05, 4.69) is 4.98 Å². The molecule has 0 saturated carbocycles. The third-order valence-corrected chi connectivity index (χ3v) is 2.39. The minimum atomic E-state index is -4.24. The fourth-order valence-electron chi connectivity index (χ4n) is 0.583. The maximum atomic E-state index is 12.6. The van der Waals surface area contributed by atoms with Crippen molar-refractivity contribution in [1.82, 2.24) is 4.98 Å². The molecule has 0 fully saturated rings. The van der Waals surface area contributed by atoms with E-state index in [0.717, 1.165) is 0 Å². The maximum absolute atomic E-state index is 12.6. The van der Waals surface area contributed by atoms with Crippen LogP contribution >= 0.6 is 10.7 Å². The SMILES string of the molecule is O=S(=O)(Cl)c1cc(F)ncc1F. The highest BCUT2D eigenvalue weighted by atomic mass is 35.7. The van der Waals surface area contributed by atoms with Gasteiger partial charge in [0.15, 0.2) is 5.82 Å². The van der Waals surface area contributed by atoms with Crippen molar-refractivity contribution in [2.24, 2.45) is 0 Å². The molecule has 1 rings (SSSR count). The molecule has 0 radical (unpaired) electrons. The molecule has 0 aliphatic heterocycles. The van der Waals surface area contributed by atoms with Gasteiger partial charge in [-0.2, -0.15) is 4.39 Å². The van der Waals surface area contributed by atoms with Gasteiger partial charge in [0.05, 0.1) is 6.20 Å². The van der Waals surface area contributed by atoms with Gasteiger partial charge in [-0.25, -0.2) is 17.8 Å². The number of hydrogen-bond donors (Lipinski definition) is 0. The van der Waals surface area contributed by atoms with E-state index in [0.29, 0.717) is 12.3 Å². The van der Waals surface area contributed by atoms with E-state index in [4.69, 9.17) is 10.7 Å². The molecule has 0 aromatic carbocycles. The Morgan fingerprint density at radius 1 is 1.42 bits per heavy atom. The predicted molar refractivity (Wildman–Crippen MR) is 37.2 cm³/mol. The van der Waals surface area contributed by atoms with E-state index >= 15 is 0 Å². The van der Waals surface area contributed by atoms with Gasteiger partial charge in [0.25, 0.3) is 9.05 Å². The van der Waals surface area contributed by atoms with Crippen LogP contribution < -0.4 is 0 Å². The molecular weight excluding hydrogens is 212 g/mol. The summed E-state index contributed by atoms with van der Waals surface area (Å²) in [4.78, 5) is 1.98. The highest BCUT2D eigenvalue weighted by Crippen LogP contribution is 2.17. The Bertz CT molecular complexity index is 406. The van der Waals surface area contributed by atoms with Gasteiger partial charge >= 0.3 is 0 Å². The average molecular weight is 214 g/mol. The first kappa shape index (κ1) is 9.34. The highest BCUT2D eigenvalue weighted by molar-refractivity contribution is 8.13. The summed E-state index contributed by atoms with van der Waals surface area (Å²) >= 11 is 0. The summed E-state index contributed by atoms with van der Waals surface area (Å²) in [6.45, 7) is 0. The van der Waals surface area contributed by atoms with Crippen molar-refractivity contribution in [2.45, 2.75) is 4.90 Å². The molecule has 0 aliphatic rings. The minimum absolute atomic E-state index is 0.414. The van der Waals surface area contributed by atoms with E-state index in [1.54, 1.807) is 0 Å². The first-order valence-corrected chi connectivity index (χ1v) is 4.98. The molecule has 0 bridgehead atoms. The van der Waals surface area contributed by atoms with Gasteiger partial charge in [0.2, 0.25) is 5.95 Å². The lowest BCUT2D eigenvalue weighted by Gasteiger charge is -1.96. The summed E-state index contributed by atoms with van der Waals surface area (Å²) in [5, 5.41) is 0. The Morgan fingerprint density at radius 2 is 2.00 bits per heavy atom. The Labute approximate surface area is 71.4 Å². The second-order valence-electron chi connectivity index (χ2n) is 1.88. The zero-order chi connectivity index (χ0) is 9.35. The molecule has 0 spiro atoms. The van der Waals surface area contributed by atoms with Crippen LogP contribution in [0.3, 0.4) is 0 Å². The lowest BCUT2D eigenvalue weighted by molar-refractivity contribution is 0.532. The first-order chi connectivity index (χ1) is 5.41. The molecule has 0 amide bonds. The van der Waals surface area contributed by atoms with Gasteiger partial charge in [-0.3, -0.25) is 0 Å². The van der Waals surface area contributed by atoms with E-state index in [9.17, 15) is 17.2 Å². The molecule has 3 nitrogen and oxygen atoms in total. The van der Waals surface area contributed by atoms with E-state index < -0.39 is 25.7 Å². The Kier molecular flexibility index (Phi) is 2.29. The van der Waals surface area contributed by atoms with Crippen molar-refractivity contribution in [2.75, 3.05) is 0 Å². The highest BCUT2D eigenvalue weighted by Gasteiger charge is 2.17. The van der Waals surface area contributed by atoms with Crippen LogP contribution in [0.4, 0.5) is 8.78 Å². The topological polar surface area (TPSA) is 47.0 Å². The van der Waals surface area contributed by atoms with E-state index in [1.165, 1.54) is 0 Å². The number of hydrogen-bond acceptors (Lipinski definition) is 3. The van der Waals surface area contributed by atoms with Crippen LogP contribution in [-0.4, -0.2) is 13.4 Å². The molecule has 12 heavy (non-hydrogen) atoms. The molecule has 1 heterocycles. The zero-order valence-corrected chi connectivity index (χ0v) is 7.03. The minimum Gasteiger partial charge on any atom is -0.225 e. The number of rotatable bonds is 1. The molecule has 1 aromatic heterocycles. The van der Waals surface area contributed by atoms with Crippen molar-refractivity contribution in [3.05, 3.63) is 24.0 Å². The molecule has 0 N–H and O–H groups in total. The lowest BCUT2D eigenvalue weighted by Crippen LogP contribution is -1.97. The lowest BCUT2D eigenvalue weighted by atomic mass is 10.5. The number of nitrogens with zero attached hydrogens (tertiary/aromatic N) is 1. The van der Waals surface area contributed by atoms with Crippen LogP contribution in [0.2, 0.25) is 0 Å². The molecule has 7 heteroatoms. The summed E-state index contributed by atoms with van der Waals surface area (Å²) in [5.74, 6) is -2.28. The van der Waals surface area contributed by atoms with Crippen LogP contribution in [0.15, 0.2) is 17.2 Å².